The van der Waals surface area contributed by atoms with E-state index < -0.39 is 7.82 Å². The maximum atomic E-state index is 13.1. The Labute approximate surface area is 244 Å². The summed E-state index contributed by atoms with van der Waals surface area (Å²) in [6, 6.07) is 8.85. The smallest absolute Gasteiger partial charge is 0.379 e. The first-order chi connectivity index (χ1) is 19.7. The molecule has 0 N–H and O–H groups in total. The van der Waals surface area contributed by atoms with Crippen molar-refractivity contribution in [3.05, 3.63) is 30.3 Å². The number of phosphoric ester groups is 1. The summed E-state index contributed by atoms with van der Waals surface area (Å²) in [4.78, 5) is 5.21. The van der Waals surface area contributed by atoms with E-state index in [9.17, 15) is 4.57 Å². The van der Waals surface area contributed by atoms with Crippen LogP contribution in [0.2, 0.25) is 0 Å². The van der Waals surface area contributed by atoms with Crippen LogP contribution in [-0.2, 0) is 32.5 Å². The van der Waals surface area contributed by atoms with Crippen LogP contribution in [0.15, 0.2) is 30.3 Å². The molecule has 40 heavy (non-hydrogen) atoms. The second kappa shape index (κ2) is 28.1. The summed E-state index contributed by atoms with van der Waals surface area (Å²) in [6.07, 6.45) is 19.2. The molecule has 0 saturated carbocycles. The van der Waals surface area contributed by atoms with E-state index >= 15 is 0 Å². The Hall–Kier alpha value is -0.990. The SMILES string of the molecule is CCCCCCCCCCCCCCCCCOP(=O)(OCCOCCOCCOCC)OOc1ccccc1. The molecular weight excluding hydrogens is 531 g/mol. The molecule has 1 atom stereocenters. The molecule has 0 spiro atoms. The minimum absolute atomic E-state index is 0.0488. The van der Waals surface area contributed by atoms with Gasteiger partial charge in [-0.05, 0) is 25.5 Å². The lowest BCUT2D eigenvalue weighted by atomic mass is 10.0. The van der Waals surface area contributed by atoms with E-state index in [1.165, 1.54) is 77.0 Å². The summed E-state index contributed by atoms with van der Waals surface area (Å²) in [5.41, 5.74) is 0. The second-order valence-electron chi connectivity index (χ2n) is 9.96. The maximum Gasteiger partial charge on any atom is 0.511 e. The Morgan fingerprint density at radius 3 is 1.50 bits per heavy atom. The van der Waals surface area contributed by atoms with E-state index in [-0.39, 0.29) is 19.8 Å². The Kier molecular flexibility index (Phi) is 26.1. The number of hydrogen-bond donors (Lipinski definition) is 0. The van der Waals surface area contributed by atoms with Crippen molar-refractivity contribution in [3.8, 4) is 5.75 Å². The van der Waals surface area contributed by atoms with Gasteiger partial charge in [0.1, 0.15) is 0 Å². The molecule has 0 fully saturated rings. The van der Waals surface area contributed by atoms with Gasteiger partial charge in [0.15, 0.2) is 5.75 Å². The van der Waals surface area contributed by atoms with Crippen molar-refractivity contribution in [1.29, 1.82) is 0 Å². The average molecular weight is 589 g/mol. The zero-order valence-corrected chi connectivity index (χ0v) is 26.3. The minimum Gasteiger partial charge on any atom is -0.379 e. The maximum absolute atomic E-state index is 13.1. The molecule has 8 nitrogen and oxygen atoms in total. The third kappa shape index (κ3) is 23.7. The van der Waals surface area contributed by atoms with Gasteiger partial charge in [0.25, 0.3) is 0 Å². The molecule has 1 aromatic carbocycles. The highest BCUT2D eigenvalue weighted by molar-refractivity contribution is 7.48. The van der Waals surface area contributed by atoms with E-state index in [2.05, 4.69) is 6.92 Å². The molecule has 0 heterocycles. The summed E-state index contributed by atoms with van der Waals surface area (Å²) < 4.78 is 45.3. The fourth-order valence-electron chi connectivity index (χ4n) is 4.09. The van der Waals surface area contributed by atoms with Gasteiger partial charge in [-0.25, -0.2) is 4.57 Å². The zero-order valence-electron chi connectivity index (χ0n) is 25.4. The van der Waals surface area contributed by atoms with Gasteiger partial charge in [-0.1, -0.05) is 120 Å². The van der Waals surface area contributed by atoms with Crippen molar-refractivity contribution in [1.82, 2.24) is 0 Å². The average Bonchev–Trinajstić information content (AvgIpc) is 2.97. The molecule has 1 rings (SSSR count). The molecule has 1 aromatic rings. The van der Waals surface area contributed by atoms with Crippen LogP contribution in [0, 0.1) is 0 Å². The highest BCUT2D eigenvalue weighted by Crippen LogP contribution is 2.49. The molecule has 9 heteroatoms. The van der Waals surface area contributed by atoms with Crippen LogP contribution in [-0.4, -0.2) is 52.9 Å². The highest BCUT2D eigenvalue weighted by Gasteiger charge is 2.29. The van der Waals surface area contributed by atoms with Gasteiger partial charge in [0, 0.05) is 6.61 Å². The molecule has 0 aliphatic carbocycles. The predicted molar refractivity (Wildman–Crippen MR) is 161 cm³/mol. The van der Waals surface area contributed by atoms with Crippen LogP contribution in [0.5, 0.6) is 5.75 Å². The summed E-state index contributed by atoms with van der Waals surface area (Å²) in [5, 5.41) is 0. The van der Waals surface area contributed by atoms with Crippen molar-refractivity contribution < 1.29 is 37.4 Å². The summed E-state index contributed by atoms with van der Waals surface area (Å²) in [5.74, 6) is 0.419. The van der Waals surface area contributed by atoms with E-state index in [1.807, 2.05) is 13.0 Å². The summed E-state index contributed by atoms with van der Waals surface area (Å²) in [7, 11) is -3.90. The van der Waals surface area contributed by atoms with Crippen LogP contribution in [0.25, 0.3) is 0 Å². The van der Waals surface area contributed by atoms with Crippen LogP contribution < -0.4 is 4.89 Å². The van der Waals surface area contributed by atoms with Crippen molar-refractivity contribution in [3.63, 3.8) is 0 Å². The number of ether oxygens (including phenoxy) is 3. The Morgan fingerprint density at radius 1 is 0.525 bits per heavy atom. The minimum atomic E-state index is -3.90. The Bertz CT molecular complexity index is 691. The molecule has 1 unspecified atom stereocenters. The van der Waals surface area contributed by atoms with E-state index in [0.29, 0.717) is 38.8 Å². The van der Waals surface area contributed by atoms with Gasteiger partial charge in [-0.15, -0.1) is 0 Å². The van der Waals surface area contributed by atoms with Gasteiger partial charge in [0.2, 0.25) is 0 Å². The molecule has 0 amide bonds. The molecule has 0 saturated heterocycles. The molecule has 0 aromatic heterocycles. The van der Waals surface area contributed by atoms with Crippen LogP contribution in [0.1, 0.15) is 110 Å². The van der Waals surface area contributed by atoms with Crippen molar-refractivity contribution in [2.75, 3.05) is 52.9 Å². The molecule has 0 radical (unpaired) electrons. The third-order valence-electron chi connectivity index (χ3n) is 6.39. The standard InChI is InChI=1S/C31H57O8P/c1-3-5-6-7-8-9-10-11-12-13-14-15-16-17-21-24-36-40(32,39-38-31-22-19-18-20-23-31)37-30-29-35-28-27-34-26-25-33-4-2/h18-20,22-23H,3-17,21,24-30H2,1-2H3. The van der Waals surface area contributed by atoms with Gasteiger partial charge in [0.05, 0.1) is 46.2 Å². The predicted octanol–water partition coefficient (Wildman–Crippen LogP) is 9.08. The van der Waals surface area contributed by atoms with E-state index in [0.717, 1.165) is 19.3 Å². The molecule has 234 valence electrons. The molecule has 0 bridgehead atoms. The fourth-order valence-corrected chi connectivity index (χ4v) is 5.08. The summed E-state index contributed by atoms with van der Waals surface area (Å²) >= 11 is 0. The third-order valence-corrected chi connectivity index (χ3v) is 7.65. The largest absolute Gasteiger partial charge is 0.511 e. The Morgan fingerprint density at radius 2 is 0.975 bits per heavy atom. The van der Waals surface area contributed by atoms with Crippen molar-refractivity contribution >= 4 is 7.82 Å². The van der Waals surface area contributed by atoms with Crippen LogP contribution in [0.3, 0.4) is 0 Å². The lowest BCUT2D eigenvalue weighted by Crippen LogP contribution is -2.12. The van der Waals surface area contributed by atoms with E-state index in [4.69, 9.17) is 32.8 Å². The Balaban J connectivity index is 2.12. The van der Waals surface area contributed by atoms with Crippen molar-refractivity contribution in [2.45, 2.75) is 110 Å². The van der Waals surface area contributed by atoms with Gasteiger partial charge in [-0.2, -0.15) is 0 Å². The highest BCUT2D eigenvalue weighted by atomic mass is 31.2. The van der Waals surface area contributed by atoms with Gasteiger partial charge >= 0.3 is 7.82 Å². The lowest BCUT2D eigenvalue weighted by molar-refractivity contribution is -0.134. The van der Waals surface area contributed by atoms with Gasteiger partial charge < -0.3 is 19.1 Å². The van der Waals surface area contributed by atoms with Crippen LogP contribution in [0.4, 0.5) is 0 Å². The first-order valence-electron chi connectivity index (χ1n) is 15.7. The van der Waals surface area contributed by atoms with Crippen LogP contribution >= 0.6 is 7.82 Å². The number of unbranched alkanes of at least 4 members (excludes halogenated alkanes) is 14. The first kappa shape index (κ1) is 37.0. The second-order valence-corrected chi connectivity index (χ2v) is 11.5. The fraction of sp³-hybridized carbons (Fsp3) is 0.806. The number of rotatable bonds is 31. The lowest BCUT2D eigenvalue weighted by Gasteiger charge is -2.17. The number of hydrogen-bond acceptors (Lipinski definition) is 8. The molecule has 0 aliphatic rings. The monoisotopic (exact) mass is 588 g/mol. The van der Waals surface area contributed by atoms with E-state index in [1.54, 1.807) is 24.3 Å². The summed E-state index contributed by atoms with van der Waals surface area (Å²) in [6.45, 7) is 7.40. The number of para-hydroxylation sites is 1. The topological polar surface area (TPSA) is 81.7 Å². The normalized spacial score (nSPS) is 12.9. The number of phosphoric acid groups is 1. The quantitative estimate of drug-likeness (QED) is 0.0368. The molecule has 0 aliphatic heterocycles. The van der Waals surface area contributed by atoms with Crippen molar-refractivity contribution in [2.24, 2.45) is 0 Å². The molecular formula is C31H57O8P. The first-order valence-corrected chi connectivity index (χ1v) is 17.2. The van der Waals surface area contributed by atoms with Gasteiger partial charge in [-0.3, -0.25) is 9.05 Å². The zero-order chi connectivity index (χ0) is 28.8. The number of benzene rings is 1.